The Labute approximate surface area is 196 Å². The smallest absolute Gasteiger partial charge is 0.266 e. The Morgan fingerprint density at radius 1 is 0.909 bits per heavy atom. The third-order valence-corrected chi connectivity index (χ3v) is 10.9. The first-order chi connectivity index (χ1) is 15.6. The van der Waals surface area contributed by atoms with Crippen molar-refractivity contribution in [3.05, 3.63) is 84.1 Å². The van der Waals surface area contributed by atoms with Gasteiger partial charge in [0, 0.05) is 16.0 Å². The van der Waals surface area contributed by atoms with Crippen molar-refractivity contribution in [2.45, 2.75) is 55.3 Å². The van der Waals surface area contributed by atoms with Crippen LogP contribution >= 0.6 is 10.3 Å². The number of amides is 2. The molecule has 3 aromatic rings. The summed E-state index contributed by atoms with van der Waals surface area (Å²) in [6.07, 6.45) is 0.745. The lowest BCUT2D eigenvalue weighted by Crippen LogP contribution is -2.44. The number of carbonyl (C=O) groups is 2. The van der Waals surface area contributed by atoms with Crippen molar-refractivity contribution in [2.24, 2.45) is 5.41 Å². The number of benzene rings is 2. The highest BCUT2D eigenvalue weighted by Crippen LogP contribution is 2.84. The van der Waals surface area contributed by atoms with Gasteiger partial charge in [0.2, 0.25) is 5.91 Å². The van der Waals surface area contributed by atoms with Gasteiger partial charge in [-0.3, -0.25) is 9.59 Å². The van der Waals surface area contributed by atoms with E-state index >= 15 is 0 Å². The molecule has 33 heavy (non-hydrogen) atoms. The third-order valence-electron chi connectivity index (χ3n) is 6.86. The molecule has 0 saturated carbocycles. The largest absolute Gasteiger partial charge is 0.313 e. The Hall–Kier alpha value is -2.96. The number of pyridine rings is 1. The predicted octanol–water partition coefficient (Wildman–Crippen LogP) is 5.76. The van der Waals surface area contributed by atoms with Crippen LogP contribution in [0.25, 0.3) is 0 Å². The highest BCUT2D eigenvalue weighted by Gasteiger charge is 2.63. The first-order valence-electron chi connectivity index (χ1n) is 11.1. The van der Waals surface area contributed by atoms with Crippen LogP contribution in [0.4, 0.5) is 5.82 Å². The van der Waals surface area contributed by atoms with Crippen molar-refractivity contribution in [1.29, 1.82) is 0 Å². The summed E-state index contributed by atoms with van der Waals surface area (Å²) in [4.78, 5) is 34.9. The molecule has 5 nitrogen and oxygen atoms in total. The first-order valence-corrected chi connectivity index (χ1v) is 12.6. The molecule has 2 aromatic carbocycles. The molecule has 1 fully saturated rings. The number of nitrogens with zero attached hydrogens (tertiary/aromatic N) is 2. The summed E-state index contributed by atoms with van der Waals surface area (Å²) >= 11 is 0. The van der Waals surface area contributed by atoms with E-state index in [9.17, 15) is 9.59 Å². The lowest BCUT2D eigenvalue weighted by atomic mass is 9.89. The third kappa shape index (κ3) is 2.87. The molecule has 170 valence electrons. The van der Waals surface area contributed by atoms with E-state index in [1.54, 1.807) is 26.1 Å². The van der Waals surface area contributed by atoms with Crippen molar-refractivity contribution in [3.8, 4) is 0 Å². The lowest BCUT2D eigenvalue weighted by Gasteiger charge is -2.62. The summed E-state index contributed by atoms with van der Waals surface area (Å²) in [5.41, 5.74) is 1.15. The summed E-state index contributed by atoms with van der Waals surface area (Å²) in [5, 5.41) is 0. The summed E-state index contributed by atoms with van der Waals surface area (Å²) < 4.78 is 6.66. The summed E-state index contributed by atoms with van der Waals surface area (Å²) in [5.74, 6) is -0.307. The highest BCUT2D eigenvalue weighted by atomic mass is 32.3. The van der Waals surface area contributed by atoms with E-state index in [1.807, 2.05) is 43.3 Å². The number of fused-ring (bicyclic) bond motifs is 1. The molecule has 2 atom stereocenters. The van der Waals surface area contributed by atoms with Gasteiger partial charge in [0.15, 0.2) is 6.10 Å². The minimum absolute atomic E-state index is 0.290. The Balaban J connectivity index is 1.63. The van der Waals surface area contributed by atoms with E-state index in [0.717, 1.165) is 15.4 Å². The number of anilines is 1. The summed E-state index contributed by atoms with van der Waals surface area (Å²) in [7, 11) is -2.06. The molecule has 1 saturated heterocycles. The van der Waals surface area contributed by atoms with Crippen LogP contribution < -0.4 is 4.90 Å². The minimum atomic E-state index is -2.06. The van der Waals surface area contributed by atoms with E-state index < -0.39 is 21.8 Å². The number of imide groups is 1. The zero-order valence-corrected chi connectivity index (χ0v) is 20.3. The molecule has 2 aliphatic heterocycles. The second-order valence-electron chi connectivity index (χ2n) is 9.75. The fraction of sp³-hybridized carbons (Fsp3) is 0.296. The van der Waals surface area contributed by atoms with Crippen molar-refractivity contribution in [3.63, 3.8) is 0 Å². The molecule has 0 bridgehead atoms. The SMILES string of the molecule is Cc1ccc(N2C(=O)C(OS3(c4ccccc4)c4ccccc4C3(C)C)C(C)(C)C2=O)nc1. The zero-order valence-electron chi connectivity index (χ0n) is 19.5. The fourth-order valence-corrected chi connectivity index (χ4v) is 9.14. The topological polar surface area (TPSA) is 59.5 Å². The second-order valence-corrected chi connectivity index (χ2v) is 13.0. The molecule has 2 aliphatic rings. The van der Waals surface area contributed by atoms with Gasteiger partial charge < -0.3 is 4.18 Å². The molecule has 3 heterocycles. The van der Waals surface area contributed by atoms with Gasteiger partial charge in [0.1, 0.15) is 5.82 Å². The second kappa shape index (κ2) is 7.27. The average molecular weight is 461 g/mol. The number of aryl methyl sites for hydroxylation is 1. The Morgan fingerprint density at radius 2 is 1.58 bits per heavy atom. The van der Waals surface area contributed by atoms with Crippen LogP contribution in [0.1, 0.15) is 38.8 Å². The van der Waals surface area contributed by atoms with Gasteiger partial charge in [-0.1, -0.05) is 52.8 Å². The van der Waals surface area contributed by atoms with Gasteiger partial charge in [-0.25, -0.2) is 9.88 Å². The van der Waals surface area contributed by atoms with Gasteiger partial charge in [-0.2, -0.15) is 0 Å². The van der Waals surface area contributed by atoms with Crippen LogP contribution in [0.3, 0.4) is 0 Å². The number of carbonyl (C=O) groups excluding carboxylic acids is 2. The molecule has 0 aliphatic carbocycles. The molecular formula is C27H28N2O3S. The van der Waals surface area contributed by atoms with Crippen molar-refractivity contribution in [1.82, 2.24) is 4.98 Å². The van der Waals surface area contributed by atoms with Gasteiger partial charge in [-0.15, -0.1) is 0 Å². The van der Waals surface area contributed by atoms with E-state index in [1.165, 1.54) is 10.5 Å². The monoisotopic (exact) mass is 460 g/mol. The van der Waals surface area contributed by atoms with Gasteiger partial charge in [0.05, 0.1) is 10.2 Å². The van der Waals surface area contributed by atoms with Crippen molar-refractivity contribution >= 4 is 27.9 Å². The maximum atomic E-state index is 13.7. The van der Waals surface area contributed by atoms with E-state index in [4.69, 9.17) is 4.18 Å². The number of aromatic nitrogens is 1. The average Bonchev–Trinajstić information content (AvgIpc) is 2.97. The van der Waals surface area contributed by atoms with E-state index in [-0.39, 0.29) is 16.6 Å². The highest BCUT2D eigenvalue weighted by molar-refractivity contribution is 8.31. The molecule has 2 amide bonds. The number of rotatable bonds is 4. The number of hydrogen-bond donors (Lipinski definition) is 0. The Kier molecular flexibility index (Phi) is 4.82. The molecule has 6 heteroatoms. The summed E-state index contributed by atoms with van der Waals surface area (Å²) in [6.45, 7) is 9.85. The molecule has 5 rings (SSSR count). The van der Waals surface area contributed by atoms with Crippen LogP contribution in [0, 0.1) is 12.3 Å². The van der Waals surface area contributed by atoms with Crippen LogP contribution in [0.2, 0.25) is 0 Å². The van der Waals surface area contributed by atoms with Crippen LogP contribution in [-0.4, -0.2) is 22.9 Å². The first kappa shape index (κ1) is 21.9. The van der Waals surface area contributed by atoms with Crippen molar-refractivity contribution < 1.29 is 13.8 Å². The molecule has 0 spiro atoms. The van der Waals surface area contributed by atoms with Crippen molar-refractivity contribution in [2.75, 3.05) is 4.90 Å². The van der Waals surface area contributed by atoms with E-state index in [2.05, 4.69) is 43.1 Å². The quantitative estimate of drug-likeness (QED) is 0.465. The standard InChI is InChI=1S/C27H28N2O3S/c1-18-15-16-22(28-17-18)29-24(30)23(26(2,3)25(29)31)32-33(19-11-7-6-8-12-19)21-14-10-9-13-20(21)27(33,4)5/h6-17,23H,1-5H3. The van der Waals surface area contributed by atoms with Crippen LogP contribution in [-0.2, 0) is 18.5 Å². The maximum absolute atomic E-state index is 13.7. The van der Waals surface area contributed by atoms with Gasteiger partial charge in [0.25, 0.3) is 5.91 Å². The Morgan fingerprint density at radius 3 is 2.24 bits per heavy atom. The normalized spacial score (nSPS) is 26.9. The fourth-order valence-electron chi connectivity index (χ4n) is 4.90. The zero-order chi connectivity index (χ0) is 23.6. The van der Waals surface area contributed by atoms with Crippen LogP contribution in [0.5, 0.6) is 0 Å². The number of hydrogen-bond acceptors (Lipinski definition) is 4. The van der Waals surface area contributed by atoms with Gasteiger partial charge in [-0.05, 0) is 70.0 Å². The molecule has 2 unspecified atom stereocenters. The van der Waals surface area contributed by atoms with Crippen LogP contribution in [0.15, 0.2) is 82.7 Å². The molecule has 0 N–H and O–H groups in total. The maximum Gasteiger partial charge on any atom is 0.266 e. The van der Waals surface area contributed by atoms with E-state index in [0.29, 0.717) is 5.82 Å². The lowest BCUT2D eigenvalue weighted by molar-refractivity contribution is -0.127. The molecule has 1 aromatic heterocycles. The molecular weight excluding hydrogens is 432 g/mol. The Bertz CT molecular complexity index is 1250. The van der Waals surface area contributed by atoms with Gasteiger partial charge >= 0.3 is 0 Å². The minimum Gasteiger partial charge on any atom is -0.313 e. The summed E-state index contributed by atoms with van der Waals surface area (Å²) in [6, 6.07) is 22.0. The predicted molar refractivity (Wildman–Crippen MR) is 130 cm³/mol. The molecule has 0 radical (unpaired) electrons.